The molecule has 1 atom stereocenters. The van der Waals surface area contributed by atoms with Gasteiger partial charge in [-0.3, -0.25) is 0 Å². The van der Waals surface area contributed by atoms with Crippen molar-refractivity contribution >= 4 is 5.69 Å². The number of rotatable bonds is 15. The summed E-state index contributed by atoms with van der Waals surface area (Å²) in [5.74, 6) is 3.08. The van der Waals surface area contributed by atoms with E-state index in [0.717, 1.165) is 81.4 Å². The smallest absolute Gasteiger partial charge is 0.184 e. The van der Waals surface area contributed by atoms with Gasteiger partial charge in [-0.15, -0.1) is 0 Å². The fourth-order valence-corrected chi connectivity index (χ4v) is 5.76. The number of phenolic OH excluding ortho intramolecular Hbond substituents is 1. The molecule has 0 saturated heterocycles. The Balaban J connectivity index is 1.50. The van der Waals surface area contributed by atoms with Gasteiger partial charge in [0.15, 0.2) is 11.5 Å². The van der Waals surface area contributed by atoms with E-state index in [1.165, 1.54) is 22.3 Å². The van der Waals surface area contributed by atoms with Crippen molar-refractivity contribution in [2.24, 2.45) is 0 Å². The van der Waals surface area contributed by atoms with Crippen molar-refractivity contribution in [1.29, 1.82) is 0 Å². The molecule has 7 heteroatoms. The Morgan fingerprint density at radius 2 is 1.71 bits per heavy atom. The van der Waals surface area contributed by atoms with Crippen LogP contribution in [0, 0.1) is 0 Å². The summed E-state index contributed by atoms with van der Waals surface area (Å²) in [5, 5.41) is 9.95. The van der Waals surface area contributed by atoms with Gasteiger partial charge in [0.1, 0.15) is 18.1 Å². The lowest BCUT2D eigenvalue weighted by atomic mass is 9.79. The number of hydrogen-bond donors (Lipinski definition) is 1. The van der Waals surface area contributed by atoms with E-state index in [2.05, 4.69) is 60.2 Å². The van der Waals surface area contributed by atoms with Gasteiger partial charge >= 0.3 is 0 Å². The van der Waals surface area contributed by atoms with E-state index >= 15 is 0 Å². The molecule has 222 valence electrons. The molecule has 0 radical (unpaired) electrons. The molecule has 3 aromatic rings. The van der Waals surface area contributed by atoms with Crippen molar-refractivity contribution in [3.63, 3.8) is 0 Å². The maximum Gasteiger partial charge on any atom is 0.184 e. The second-order valence-electron chi connectivity index (χ2n) is 10.8. The largest absolute Gasteiger partial charge is 0.508 e. The number of aryl methyl sites for hydroxylation is 1. The third-order valence-electron chi connectivity index (χ3n) is 8.03. The Hall–Kier alpha value is -3.42. The highest BCUT2D eigenvalue weighted by molar-refractivity contribution is 5.70. The van der Waals surface area contributed by atoms with Crippen molar-refractivity contribution in [1.82, 2.24) is 4.90 Å². The highest BCUT2D eigenvalue weighted by Crippen LogP contribution is 2.46. The molecule has 1 aliphatic carbocycles. The van der Waals surface area contributed by atoms with E-state index in [0.29, 0.717) is 18.3 Å². The van der Waals surface area contributed by atoms with Gasteiger partial charge in [-0.25, -0.2) is 0 Å². The quantitative estimate of drug-likeness (QED) is 0.226. The van der Waals surface area contributed by atoms with Crippen molar-refractivity contribution in [3.05, 3.63) is 76.9 Å². The van der Waals surface area contributed by atoms with Gasteiger partial charge in [0.25, 0.3) is 0 Å². The number of phenols is 1. The van der Waals surface area contributed by atoms with Crippen LogP contribution in [0.4, 0.5) is 5.69 Å². The lowest BCUT2D eigenvalue weighted by molar-refractivity contribution is 0.172. The topological polar surface area (TPSA) is 63.6 Å². The molecule has 7 nitrogen and oxygen atoms in total. The first-order chi connectivity index (χ1) is 20.0. The third kappa shape index (κ3) is 7.86. The molecule has 0 heterocycles. The zero-order valence-electron chi connectivity index (χ0n) is 25.3. The Labute approximate surface area is 245 Å². The maximum absolute atomic E-state index is 9.95. The lowest BCUT2D eigenvalue weighted by Crippen LogP contribution is -2.26. The molecular formula is C34H46N2O5. The molecule has 3 aromatic carbocycles. The molecule has 0 spiro atoms. The minimum atomic E-state index is 0.341. The first kappa shape index (κ1) is 30.5. The summed E-state index contributed by atoms with van der Waals surface area (Å²) in [4.78, 5) is 4.65. The fourth-order valence-electron chi connectivity index (χ4n) is 5.76. The number of fused-ring (bicyclic) bond motifs is 1. The number of anilines is 1. The number of ether oxygens (including phenoxy) is 4. The zero-order valence-corrected chi connectivity index (χ0v) is 25.3. The van der Waals surface area contributed by atoms with E-state index < -0.39 is 0 Å². The molecule has 1 N–H and O–H groups in total. The molecule has 0 amide bonds. The first-order valence-electron chi connectivity index (χ1n) is 14.7. The van der Waals surface area contributed by atoms with Crippen LogP contribution >= 0.6 is 0 Å². The number of benzene rings is 3. The number of methoxy groups -OCH3 is 3. The first-order valence-corrected chi connectivity index (χ1v) is 14.7. The van der Waals surface area contributed by atoms with Crippen LogP contribution in [0.1, 0.15) is 47.9 Å². The third-order valence-corrected chi connectivity index (χ3v) is 8.03. The van der Waals surface area contributed by atoms with Crippen molar-refractivity contribution in [2.75, 3.05) is 66.1 Å². The van der Waals surface area contributed by atoms with Crippen LogP contribution in [0.5, 0.6) is 23.0 Å². The standard InChI is InChI=1S/C34H46N2O5/c1-6-36(24-25-8-14-30(15-9-25)41-21-19-35(2)18-7-20-38-3)33-31(16-17-32(39-4)34(33)40-5)28-11-10-27-23-29(37)13-12-26(27)22-28/h8-9,12-17,23,28,37H,6-7,10-11,18-22,24H2,1-5H3/t28-/m1/s1. The molecule has 0 aromatic heterocycles. The van der Waals surface area contributed by atoms with Crippen LogP contribution in [0.25, 0.3) is 0 Å². The zero-order chi connectivity index (χ0) is 29.2. The second kappa shape index (κ2) is 15.0. The molecule has 0 unspecified atom stereocenters. The van der Waals surface area contributed by atoms with E-state index in [9.17, 15) is 5.11 Å². The number of hydrogen-bond acceptors (Lipinski definition) is 7. The van der Waals surface area contributed by atoms with Crippen LogP contribution < -0.4 is 19.1 Å². The SMILES string of the molecule is CCN(Cc1ccc(OCCN(C)CCCOC)cc1)c1c([C@@H]2CCc3cc(O)ccc3C2)ccc(OC)c1OC. The number of aromatic hydroxyl groups is 1. The maximum atomic E-state index is 9.95. The summed E-state index contributed by atoms with van der Waals surface area (Å²) in [6, 6.07) is 18.4. The highest BCUT2D eigenvalue weighted by Gasteiger charge is 2.28. The van der Waals surface area contributed by atoms with E-state index in [1.807, 2.05) is 12.1 Å². The second-order valence-corrected chi connectivity index (χ2v) is 10.8. The molecule has 4 rings (SSSR count). The van der Waals surface area contributed by atoms with Gasteiger partial charge in [0, 0.05) is 39.9 Å². The van der Waals surface area contributed by atoms with Crippen molar-refractivity contribution in [2.45, 2.75) is 45.1 Å². The van der Waals surface area contributed by atoms with Crippen LogP contribution in [-0.4, -0.2) is 71.2 Å². The molecule has 0 aliphatic heterocycles. The van der Waals surface area contributed by atoms with Crippen LogP contribution in [0.2, 0.25) is 0 Å². The lowest BCUT2D eigenvalue weighted by Gasteiger charge is -2.33. The Kier molecular flexibility index (Phi) is 11.2. The summed E-state index contributed by atoms with van der Waals surface area (Å²) < 4.78 is 22.9. The normalized spacial score (nSPS) is 14.5. The Bertz CT molecular complexity index is 1250. The summed E-state index contributed by atoms with van der Waals surface area (Å²) in [6.45, 7) is 7.05. The molecule has 1 aliphatic rings. The Morgan fingerprint density at radius 3 is 2.41 bits per heavy atom. The highest BCUT2D eigenvalue weighted by atomic mass is 16.5. The average molecular weight is 563 g/mol. The fraction of sp³-hybridized carbons (Fsp3) is 0.471. The average Bonchev–Trinajstić information content (AvgIpc) is 2.99. The van der Waals surface area contributed by atoms with Crippen LogP contribution in [-0.2, 0) is 24.1 Å². The summed E-state index contributed by atoms with van der Waals surface area (Å²) in [6.07, 6.45) is 3.92. The van der Waals surface area contributed by atoms with Crippen molar-refractivity contribution in [3.8, 4) is 23.0 Å². The Morgan fingerprint density at radius 1 is 0.902 bits per heavy atom. The van der Waals surface area contributed by atoms with Gasteiger partial charge in [0.2, 0.25) is 0 Å². The molecule has 0 saturated carbocycles. The number of nitrogens with zero attached hydrogens (tertiary/aromatic N) is 2. The molecule has 0 fully saturated rings. The van der Waals surface area contributed by atoms with Crippen molar-refractivity contribution < 1.29 is 24.1 Å². The van der Waals surface area contributed by atoms with Gasteiger partial charge in [-0.1, -0.05) is 24.3 Å². The summed E-state index contributed by atoms with van der Waals surface area (Å²) >= 11 is 0. The van der Waals surface area contributed by atoms with Gasteiger partial charge < -0.3 is 33.9 Å². The van der Waals surface area contributed by atoms with Crippen LogP contribution in [0.15, 0.2) is 54.6 Å². The monoisotopic (exact) mass is 562 g/mol. The predicted octanol–water partition coefficient (Wildman–Crippen LogP) is 6.06. The minimum Gasteiger partial charge on any atom is -0.508 e. The van der Waals surface area contributed by atoms with Gasteiger partial charge in [-0.05, 0) is 98.2 Å². The summed E-state index contributed by atoms with van der Waals surface area (Å²) in [5.41, 5.74) is 6.13. The van der Waals surface area contributed by atoms with E-state index in [-0.39, 0.29) is 0 Å². The predicted molar refractivity (Wildman–Crippen MR) is 165 cm³/mol. The summed E-state index contributed by atoms with van der Waals surface area (Å²) in [7, 11) is 7.26. The molecule has 41 heavy (non-hydrogen) atoms. The number of likely N-dealkylation sites (N-methyl/N-ethyl adjacent to an activating group) is 1. The minimum absolute atomic E-state index is 0.341. The molecule has 0 bridgehead atoms. The van der Waals surface area contributed by atoms with E-state index in [1.54, 1.807) is 27.4 Å². The van der Waals surface area contributed by atoms with Crippen LogP contribution in [0.3, 0.4) is 0 Å². The van der Waals surface area contributed by atoms with E-state index in [4.69, 9.17) is 18.9 Å². The van der Waals surface area contributed by atoms with Gasteiger partial charge in [-0.2, -0.15) is 0 Å². The van der Waals surface area contributed by atoms with Gasteiger partial charge in [0.05, 0.1) is 19.9 Å². The molecular weight excluding hydrogens is 516 g/mol.